The fourth-order valence-corrected chi connectivity index (χ4v) is 4.46. The summed E-state index contributed by atoms with van der Waals surface area (Å²) in [4.78, 5) is 36.4. The highest BCUT2D eigenvalue weighted by atomic mass is 16.6. The van der Waals surface area contributed by atoms with E-state index in [-0.39, 0.29) is 24.2 Å². The second kappa shape index (κ2) is 4.20. The fraction of sp³-hybridized carbons (Fsp3) is 0.786. The Morgan fingerprint density at radius 2 is 1.85 bits per heavy atom. The van der Waals surface area contributed by atoms with Crippen LogP contribution in [0.3, 0.4) is 0 Å². The molecule has 1 unspecified atom stereocenters. The first-order valence-corrected chi connectivity index (χ1v) is 6.92. The summed E-state index contributed by atoms with van der Waals surface area (Å²) in [5.41, 5.74) is -2.04. The van der Waals surface area contributed by atoms with Gasteiger partial charge < -0.3 is 14.2 Å². The van der Waals surface area contributed by atoms with Crippen molar-refractivity contribution in [1.29, 1.82) is 0 Å². The largest absolute Gasteiger partial charge is 0.468 e. The molecule has 0 aromatic rings. The van der Waals surface area contributed by atoms with Crippen LogP contribution in [0.1, 0.15) is 32.1 Å². The molecule has 2 aliphatic carbocycles. The standard InChI is InChI=1S/C14H18O6/c1-18-11(16)13(12(17)19-2)7-8-10(15)20-14(8)6-4-3-5-9(13)14/h8-9H,3-7H2,1-2H3/t8-,9?,14+/m1/s1. The molecule has 2 saturated carbocycles. The van der Waals surface area contributed by atoms with Gasteiger partial charge in [-0.05, 0) is 25.7 Å². The maximum absolute atomic E-state index is 12.3. The maximum Gasteiger partial charge on any atom is 0.323 e. The van der Waals surface area contributed by atoms with Crippen LogP contribution in [-0.4, -0.2) is 37.7 Å². The Kier molecular flexibility index (Phi) is 2.81. The average Bonchev–Trinajstić information content (AvgIpc) is 2.72. The molecular weight excluding hydrogens is 264 g/mol. The SMILES string of the molecule is COC(=O)C1(C(=O)OC)C[C@@H]2C(=O)O[C@@]23CCCCC13. The van der Waals surface area contributed by atoms with Crippen LogP contribution in [-0.2, 0) is 28.6 Å². The summed E-state index contributed by atoms with van der Waals surface area (Å²) in [7, 11) is 2.51. The van der Waals surface area contributed by atoms with Crippen LogP contribution in [0.15, 0.2) is 0 Å². The first kappa shape index (κ1) is 13.4. The Balaban J connectivity index is 2.09. The highest BCUT2D eigenvalue weighted by Crippen LogP contribution is 2.65. The van der Waals surface area contributed by atoms with Gasteiger partial charge in [0.25, 0.3) is 0 Å². The van der Waals surface area contributed by atoms with Crippen molar-refractivity contribution in [2.75, 3.05) is 14.2 Å². The van der Waals surface area contributed by atoms with Crippen LogP contribution in [0.4, 0.5) is 0 Å². The number of esters is 3. The van der Waals surface area contributed by atoms with Crippen molar-refractivity contribution in [1.82, 2.24) is 0 Å². The van der Waals surface area contributed by atoms with Crippen LogP contribution < -0.4 is 0 Å². The second-order valence-electron chi connectivity index (χ2n) is 5.89. The van der Waals surface area contributed by atoms with E-state index in [9.17, 15) is 14.4 Å². The minimum atomic E-state index is -1.39. The van der Waals surface area contributed by atoms with E-state index in [1.165, 1.54) is 14.2 Å². The van der Waals surface area contributed by atoms with Crippen molar-refractivity contribution in [3.8, 4) is 0 Å². The monoisotopic (exact) mass is 282 g/mol. The first-order valence-electron chi connectivity index (χ1n) is 6.92. The van der Waals surface area contributed by atoms with E-state index >= 15 is 0 Å². The van der Waals surface area contributed by atoms with Crippen molar-refractivity contribution < 1.29 is 28.6 Å². The van der Waals surface area contributed by atoms with E-state index < -0.39 is 23.0 Å². The normalized spacial score (nSPS) is 37.0. The molecule has 3 fully saturated rings. The Morgan fingerprint density at radius 1 is 1.20 bits per heavy atom. The van der Waals surface area contributed by atoms with Gasteiger partial charge >= 0.3 is 17.9 Å². The third-order valence-corrected chi connectivity index (χ3v) is 5.29. The van der Waals surface area contributed by atoms with Crippen molar-refractivity contribution in [3.05, 3.63) is 0 Å². The molecule has 0 N–H and O–H groups in total. The van der Waals surface area contributed by atoms with E-state index in [1.54, 1.807) is 0 Å². The number of rotatable bonds is 2. The Bertz CT molecular complexity index is 468. The van der Waals surface area contributed by atoms with Crippen molar-refractivity contribution in [3.63, 3.8) is 0 Å². The quantitative estimate of drug-likeness (QED) is 0.424. The minimum absolute atomic E-state index is 0.149. The summed E-state index contributed by atoms with van der Waals surface area (Å²) in [6, 6.07) is 0. The molecule has 20 heavy (non-hydrogen) atoms. The van der Waals surface area contributed by atoms with Gasteiger partial charge in [0.2, 0.25) is 0 Å². The van der Waals surface area contributed by atoms with Crippen LogP contribution in [0, 0.1) is 17.3 Å². The van der Waals surface area contributed by atoms with Crippen molar-refractivity contribution in [2.24, 2.45) is 17.3 Å². The van der Waals surface area contributed by atoms with Gasteiger partial charge in [0.1, 0.15) is 5.60 Å². The van der Waals surface area contributed by atoms with Crippen LogP contribution >= 0.6 is 0 Å². The van der Waals surface area contributed by atoms with Gasteiger partial charge in [-0.2, -0.15) is 0 Å². The lowest BCUT2D eigenvalue weighted by Gasteiger charge is -2.50. The highest BCUT2D eigenvalue weighted by molar-refractivity contribution is 6.03. The molecule has 0 aromatic carbocycles. The van der Waals surface area contributed by atoms with Crippen LogP contribution in [0.2, 0.25) is 0 Å². The van der Waals surface area contributed by atoms with Gasteiger partial charge in [0.15, 0.2) is 5.41 Å². The lowest BCUT2D eigenvalue weighted by Crippen LogP contribution is -2.60. The first-order chi connectivity index (χ1) is 9.52. The van der Waals surface area contributed by atoms with Crippen molar-refractivity contribution >= 4 is 17.9 Å². The van der Waals surface area contributed by atoms with Gasteiger partial charge in [-0.25, -0.2) is 0 Å². The van der Waals surface area contributed by atoms with E-state index in [4.69, 9.17) is 14.2 Å². The van der Waals surface area contributed by atoms with E-state index in [2.05, 4.69) is 0 Å². The molecule has 3 atom stereocenters. The number of hydrogen-bond donors (Lipinski definition) is 0. The molecule has 1 heterocycles. The van der Waals surface area contributed by atoms with E-state index in [0.717, 1.165) is 12.8 Å². The topological polar surface area (TPSA) is 78.9 Å². The Labute approximate surface area is 116 Å². The van der Waals surface area contributed by atoms with Gasteiger partial charge in [-0.1, -0.05) is 6.42 Å². The van der Waals surface area contributed by atoms with Crippen LogP contribution in [0.25, 0.3) is 0 Å². The summed E-state index contributed by atoms with van der Waals surface area (Å²) in [5, 5.41) is 0. The number of hydrogen-bond acceptors (Lipinski definition) is 6. The molecule has 0 radical (unpaired) electrons. The van der Waals surface area contributed by atoms with Gasteiger partial charge in [0.05, 0.1) is 20.1 Å². The molecule has 110 valence electrons. The number of ether oxygens (including phenoxy) is 3. The van der Waals surface area contributed by atoms with Gasteiger partial charge in [-0.3, -0.25) is 14.4 Å². The van der Waals surface area contributed by atoms with E-state index in [0.29, 0.717) is 12.8 Å². The smallest absolute Gasteiger partial charge is 0.323 e. The Morgan fingerprint density at radius 3 is 2.40 bits per heavy atom. The number of carbonyl (C=O) groups is 3. The highest BCUT2D eigenvalue weighted by Gasteiger charge is 2.77. The zero-order valence-electron chi connectivity index (χ0n) is 11.6. The summed E-state index contributed by atoms with van der Waals surface area (Å²) in [6.07, 6.45) is 3.39. The summed E-state index contributed by atoms with van der Waals surface area (Å²) in [6.45, 7) is 0. The molecule has 0 amide bonds. The van der Waals surface area contributed by atoms with Crippen molar-refractivity contribution in [2.45, 2.75) is 37.7 Å². The summed E-state index contributed by atoms with van der Waals surface area (Å²) >= 11 is 0. The predicted octanol–water partition coefficient (Wildman–Crippen LogP) is 0.824. The molecule has 3 aliphatic rings. The predicted molar refractivity (Wildman–Crippen MR) is 65.4 cm³/mol. The maximum atomic E-state index is 12.3. The fourth-order valence-electron chi connectivity index (χ4n) is 4.46. The lowest BCUT2D eigenvalue weighted by atomic mass is 9.65. The van der Waals surface area contributed by atoms with E-state index in [1.807, 2.05) is 0 Å². The average molecular weight is 282 g/mol. The second-order valence-corrected chi connectivity index (χ2v) is 5.89. The molecule has 1 saturated heterocycles. The zero-order valence-corrected chi connectivity index (χ0v) is 11.6. The number of carbonyl (C=O) groups excluding carboxylic acids is 3. The summed E-state index contributed by atoms with van der Waals surface area (Å²) < 4.78 is 15.2. The van der Waals surface area contributed by atoms with Gasteiger partial charge in [0, 0.05) is 5.92 Å². The molecule has 3 rings (SSSR count). The molecule has 1 aliphatic heterocycles. The zero-order chi connectivity index (χ0) is 14.5. The number of methoxy groups -OCH3 is 2. The molecule has 0 bridgehead atoms. The molecule has 0 aromatic heterocycles. The van der Waals surface area contributed by atoms with Crippen LogP contribution in [0.5, 0.6) is 0 Å². The molecule has 1 spiro atoms. The van der Waals surface area contributed by atoms with Gasteiger partial charge in [-0.15, -0.1) is 0 Å². The lowest BCUT2D eigenvalue weighted by molar-refractivity contribution is -0.225. The molecular formula is C14H18O6. The Hall–Kier alpha value is -1.59. The third-order valence-electron chi connectivity index (χ3n) is 5.29. The summed E-state index contributed by atoms with van der Waals surface area (Å²) in [5.74, 6) is -2.24. The minimum Gasteiger partial charge on any atom is -0.468 e. The molecule has 6 heteroatoms. The third kappa shape index (κ3) is 1.32. The molecule has 6 nitrogen and oxygen atoms in total.